The van der Waals surface area contributed by atoms with Crippen LogP contribution in [0.5, 0.6) is 0 Å². The van der Waals surface area contributed by atoms with E-state index in [0.717, 1.165) is 27.2 Å². The Balaban J connectivity index is 2.19. The zero-order valence-corrected chi connectivity index (χ0v) is 11.1. The van der Waals surface area contributed by atoms with Crippen molar-refractivity contribution in [1.29, 1.82) is 0 Å². The maximum atomic E-state index is 5.63. The summed E-state index contributed by atoms with van der Waals surface area (Å²) in [6.07, 6.45) is 0. The van der Waals surface area contributed by atoms with Crippen LogP contribution >= 0.6 is 15.9 Å². The number of nitrogens with zero attached hydrogens (tertiary/aromatic N) is 3. The van der Waals surface area contributed by atoms with E-state index in [1.165, 1.54) is 0 Å². The van der Waals surface area contributed by atoms with Crippen LogP contribution in [0, 0.1) is 0 Å². The molecule has 0 radical (unpaired) electrons. The molecule has 0 amide bonds. The fourth-order valence-electron chi connectivity index (χ4n) is 1.84. The Morgan fingerprint density at radius 1 is 1.11 bits per heavy atom. The van der Waals surface area contributed by atoms with E-state index in [9.17, 15) is 0 Å². The van der Waals surface area contributed by atoms with Crippen LogP contribution in [0.3, 0.4) is 0 Å². The summed E-state index contributed by atoms with van der Waals surface area (Å²) in [6, 6.07) is 13.9. The Morgan fingerprint density at radius 2 is 1.89 bits per heavy atom. The van der Waals surface area contributed by atoms with E-state index in [4.69, 9.17) is 5.73 Å². The molecular formula is C13H11BrN4. The van der Waals surface area contributed by atoms with Crippen molar-refractivity contribution < 1.29 is 0 Å². The minimum absolute atomic E-state index is 0.393. The molecular weight excluding hydrogens is 292 g/mol. The van der Waals surface area contributed by atoms with E-state index in [1.54, 1.807) is 4.52 Å². The first-order valence-corrected chi connectivity index (χ1v) is 6.38. The van der Waals surface area contributed by atoms with Crippen LogP contribution < -0.4 is 5.73 Å². The highest BCUT2D eigenvalue weighted by Gasteiger charge is 2.10. The van der Waals surface area contributed by atoms with Crippen LogP contribution in [0.1, 0.15) is 5.69 Å². The molecule has 3 aromatic rings. The molecule has 18 heavy (non-hydrogen) atoms. The average Bonchev–Trinajstić information content (AvgIpc) is 2.76. The van der Waals surface area contributed by atoms with Gasteiger partial charge in [-0.25, -0.2) is 9.50 Å². The van der Waals surface area contributed by atoms with Crippen molar-refractivity contribution in [1.82, 2.24) is 14.6 Å². The first kappa shape index (κ1) is 11.4. The molecule has 2 aromatic heterocycles. The zero-order valence-electron chi connectivity index (χ0n) is 9.55. The van der Waals surface area contributed by atoms with Gasteiger partial charge in [0.25, 0.3) is 0 Å². The second-order valence-electron chi connectivity index (χ2n) is 3.91. The molecule has 0 aliphatic carbocycles. The molecule has 1 aromatic carbocycles. The normalized spacial score (nSPS) is 11.0. The van der Waals surface area contributed by atoms with Gasteiger partial charge in [0.05, 0.1) is 11.4 Å². The highest BCUT2D eigenvalue weighted by atomic mass is 79.9. The lowest BCUT2D eigenvalue weighted by molar-refractivity contribution is 0.909. The van der Waals surface area contributed by atoms with Crippen molar-refractivity contribution in [3.05, 3.63) is 52.8 Å². The summed E-state index contributed by atoms with van der Waals surface area (Å²) >= 11 is 3.48. The summed E-state index contributed by atoms with van der Waals surface area (Å²) < 4.78 is 2.59. The molecule has 0 spiro atoms. The quantitative estimate of drug-likeness (QED) is 0.792. The van der Waals surface area contributed by atoms with Gasteiger partial charge in [0.1, 0.15) is 4.60 Å². The van der Waals surface area contributed by atoms with Crippen molar-refractivity contribution in [2.24, 2.45) is 5.73 Å². The van der Waals surface area contributed by atoms with Crippen LogP contribution in [0.2, 0.25) is 0 Å². The number of aromatic nitrogens is 3. The van der Waals surface area contributed by atoms with Gasteiger partial charge in [-0.3, -0.25) is 0 Å². The molecule has 5 heteroatoms. The average molecular weight is 303 g/mol. The van der Waals surface area contributed by atoms with E-state index in [0.29, 0.717) is 6.54 Å². The molecule has 0 bridgehead atoms. The number of benzene rings is 1. The number of imidazole rings is 1. The Kier molecular flexibility index (Phi) is 2.85. The Bertz CT molecular complexity index is 691. The van der Waals surface area contributed by atoms with Gasteiger partial charge in [0, 0.05) is 12.1 Å². The van der Waals surface area contributed by atoms with Gasteiger partial charge in [0.2, 0.25) is 0 Å². The third-order valence-corrected chi connectivity index (χ3v) is 3.55. The van der Waals surface area contributed by atoms with Gasteiger partial charge in [-0.05, 0) is 28.1 Å². The summed E-state index contributed by atoms with van der Waals surface area (Å²) in [6.45, 7) is 0.393. The number of hydrogen-bond donors (Lipinski definition) is 1. The standard InChI is InChI=1S/C13H11BrN4/c14-13-11(8-15)16-12-7-6-10(17-18(12)13)9-4-2-1-3-5-9/h1-7H,8,15H2. The maximum absolute atomic E-state index is 5.63. The molecule has 3 rings (SSSR count). The molecule has 90 valence electrons. The van der Waals surface area contributed by atoms with E-state index in [-0.39, 0.29) is 0 Å². The van der Waals surface area contributed by atoms with Crippen molar-refractivity contribution in [2.45, 2.75) is 6.54 Å². The summed E-state index contributed by atoms with van der Waals surface area (Å²) in [7, 11) is 0. The van der Waals surface area contributed by atoms with E-state index in [1.807, 2.05) is 42.5 Å². The monoisotopic (exact) mass is 302 g/mol. The molecule has 0 aliphatic heterocycles. The molecule has 0 saturated heterocycles. The van der Waals surface area contributed by atoms with E-state index in [2.05, 4.69) is 26.0 Å². The number of fused-ring (bicyclic) bond motifs is 1. The molecule has 0 fully saturated rings. The van der Waals surface area contributed by atoms with Gasteiger partial charge in [-0.15, -0.1) is 0 Å². The van der Waals surface area contributed by atoms with Gasteiger partial charge < -0.3 is 5.73 Å². The molecule has 0 saturated carbocycles. The van der Waals surface area contributed by atoms with Crippen LogP contribution in [0.25, 0.3) is 16.9 Å². The lowest BCUT2D eigenvalue weighted by Crippen LogP contribution is -1.98. The van der Waals surface area contributed by atoms with E-state index >= 15 is 0 Å². The van der Waals surface area contributed by atoms with Crippen molar-refractivity contribution >= 4 is 21.6 Å². The van der Waals surface area contributed by atoms with Gasteiger partial charge >= 0.3 is 0 Å². The Hall–Kier alpha value is -1.72. The predicted octanol–water partition coefficient (Wildman–Crippen LogP) is 2.62. The summed E-state index contributed by atoms with van der Waals surface area (Å²) in [5, 5.41) is 4.57. The third kappa shape index (κ3) is 1.81. The first-order chi connectivity index (χ1) is 8.79. The second kappa shape index (κ2) is 4.51. The van der Waals surface area contributed by atoms with Gasteiger partial charge in [0.15, 0.2) is 5.65 Å². The number of halogens is 1. The van der Waals surface area contributed by atoms with Crippen LogP contribution in [0.15, 0.2) is 47.1 Å². The van der Waals surface area contributed by atoms with Gasteiger partial charge in [-0.2, -0.15) is 5.10 Å². The smallest absolute Gasteiger partial charge is 0.155 e. The summed E-state index contributed by atoms with van der Waals surface area (Å²) in [5.74, 6) is 0. The number of rotatable bonds is 2. The fraction of sp³-hybridized carbons (Fsp3) is 0.0769. The highest BCUT2D eigenvalue weighted by Crippen LogP contribution is 2.21. The molecule has 0 aliphatic rings. The lowest BCUT2D eigenvalue weighted by atomic mass is 10.1. The van der Waals surface area contributed by atoms with Crippen LogP contribution in [0.4, 0.5) is 0 Å². The molecule has 2 N–H and O–H groups in total. The molecule has 4 nitrogen and oxygen atoms in total. The first-order valence-electron chi connectivity index (χ1n) is 5.59. The zero-order chi connectivity index (χ0) is 12.5. The predicted molar refractivity (Wildman–Crippen MR) is 74.0 cm³/mol. The van der Waals surface area contributed by atoms with E-state index < -0.39 is 0 Å². The van der Waals surface area contributed by atoms with Gasteiger partial charge in [-0.1, -0.05) is 30.3 Å². The van der Waals surface area contributed by atoms with Crippen LogP contribution in [-0.2, 0) is 6.54 Å². The lowest BCUT2D eigenvalue weighted by Gasteiger charge is -2.01. The van der Waals surface area contributed by atoms with Crippen molar-refractivity contribution in [3.8, 4) is 11.3 Å². The molecule has 0 atom stereocenters. The SMILES string of the molecule is NCc1nc2ccc(-c3ccccc3)nn2c1Br. The largest absolute Gasteiger partial charge is 0.325 e. The Morgan fingerprint density at radius 3 is 2.61 bits per heavy atom. The minimum atomic E-state index is 0.393. The maximum Gasteiger partial charge on any atom is 0.155 e. The minimum Gasteiger partial charge on any atom is -0.325 e. The fourth-order valence-corrected chi connectivity index (χ4v) is 2.36. The summed E-state index contributed by atoms with van der Waals surface area (Å²) in [4.78, 5) is 4.39. The second-order valence-corrected chi connectivity index (χ2v) is 4.66. The molecule has 2 heterocycles. The highest BCUT2D eigenvalue weighted by molar-refractivity contribution is 9.10. The third-order valence-electron chi connectivity index (χ3n) is 2.75. The topological polar surface area (TPSA) is 56.2 Å². The van der Waals surface area contributed by atoms with Crippen molar-refractivity contribution in [2.75, 3.05) is 0 Å². The number of hydrogen-bond acceptors (Lipinski definition) is 3. The Labute approximate surface area is 113 Å². The number of nitrogens with two attached hydrogens (primary N) is 1. The molecule has 0 unspecified atom stereocenters. The van der Waals surface area contributed by atoms with Crippen LogP contribution in [-0.4, -0.2) is 14.6 Å². The summed E-state index contributed by atoms with van der Waals surface area (Å²) in [5.41, 5.74) is 9.22. The van der Waals surface area contributed by atoms with Crippen molar-refractivity contribution in [3.63, 3.8) is 0 Å².